The maximum Gasteiger partial charge on any atom is 0.252 e. The molecule has 6 nitrogen and oxygen atoms in total. The molecule has 1 aromatic rings. The summed E-state index contributed by atoms with van der Waals surface area (Å²) in [6, 6.07) is 3.43. The monoisotopic (exact) mass is 316 g/mol. The summed E-state index contributed by atoms with van der Waals surface area (Å²) < 4.78 is 26.7. The number of rotatable bonds is 4. The van der Waals surface area contributed by atoms with Crippen LogP contribution in [0.2, 0.25) is 0 Å². The van der Waals surface area contributed by atoms with E-state index in [1.54, 1.807) is 35.9 Å². The Hall–Kier alpha value is -1.12. The predicted molar refractivity (Wildman–Crippen MR) is 81.6 cm³/mol. The summed E-state index contributed by atoms with van der Waals surface area (Å²) >= 11 is 1.27. The van der Waals surface area contributed by atoms with E-state index in [4.69, 9.17) is 0 Å². The molecule has 1 saturated heterocycles. The van der Waals surface area contributed by atoms with Crippen molar-refractivity contribution in [3.05, 3.63) is 17.5 Å². The molecule has 1 aliphatic rings. The fraction of sp³-hybridized carbons (Fsp3) is 0.583. The molecule has 0 amide bonds. The highest BCUT2D eigenvalue weighted by atomic mass is 32.2. The SMILES string of the molecule is CN=C(NC)NCC1CCN(S(=O)(=O)c2cccs2)C1. The van der Waals surface area contributed by atoms with E-state index in [9.17, 15) is 8.42 Å². The van der Waals surface area contributed by atoms with Gasteiger partial charge in [0.25, 0.3) is 10.0 Å². The van der Waals surface area contributed by atoms with Gasteiger partial charge >= 0.3 is 0 Å². The van der Waals surface area contributed by atoms with Gasteiger partial charge in [0.1, 0.15) is 4.21 Å². The molecule has 20 heavy (non-hydrogen) atoms. The number of aliphatic imine (C=N–C) groups is 1. The second-order valence-corrected chi connectivity index (χ2v) is 7.77. The van der Waals surface area contributed by atoms with Gasteiger partial charge in [-0.15, -0.1) is 11.3 Å². The number of nitrogens with one attached hydrogen (secondary N) is 2. The normalized spacial score (nSPS) is 21.1. The van der Waals surface area contributed by atoms with E-state index in [1.165, 1.54) is 11.3 Å². The lowest BCUT2D eigenvalue weighted by molar-refractivity contribution is 0.456. The number of hydrogen-bond acceptors (Lipinski definition) is 4. The van der Waals surface area contributed by atoms with Crippen molar-refractivity contribution in [2.45, 2.75) is 10.6 Å². The lowest BCUT2D eigenvalue weighted by atomic mass is 10.1. The summed E-state index contributed by atoms with van der Waals surface area (Å²) in [5, 5.41) is 7.93. The summed E-state index contributed by atoms with van der Waals surface area (Å²) in [5.74, 6) is 1.04. The van der Waals surface area contributed by atoms with Crippen molar-refractivity contribution in [1.82, 2.24) is 14.9 Å². The number of guanidine groups is 1. The van der Waals surface area contributed by atoms with Crippen LogP contribution in [0.5, 0.6) is 0 Å². The first-order valence-electron chi connectivity index (χ1n) is 6.50. The van der Waals surface area contributed by atoms with Crippen LogP contribution in [0.1, 0.15) is 6.42 Å². The Kier molecular flexibility index (Phi) is 5.00. The highest BCUT2D eigenvalue weighted by molar-refractivity contribution is 7.91. The topological polar surface area (TPSA) is 73.8 Å². The smallest absolute Gasteiger partial charge is 0.252 e. The number of thiophene rings is 1. The van der Waals surface area contributed by atoms with Crippen LogP contribution in [-0.2, 0) is 10.0 Å². The van der Waals surface area contributed by atoms with E-state index in [1.807, 2.05) is 0 Å². The van der Waals surface area contributed by atoms with Crippen LogP contribution in [0.3, 0.4) is 0 Å². The minimum Gasteiger partial charge on any atom is -0.359 e. The highest BCUT2D eigenvalue weighted by Gasteiger charge is 2.32. The maximum absolute atomic E-state index is 12.4. The molecule has 8 heteroatoms. The first-order chi connectivity index (χ1) is 9.57. The fourth-order valence-electron chi connectivity index (χ4n) is 2.24. The summed E-state index contributed by atoms with van der Waals surface area (Å²) in [6.45, 7) is 1.88. The van der Waals surface area contributed by atoms with Gasteiger partial charge in [-0.05, 0) is 23.8 Å². The van der Waals surface area contributed by atoms with Gasteiger partial charge < -0.3 is 10.6 Å². The third-order valence-electron chi connectivity index (χ3n) is 3.36. The Morgan fingerprint density at radius 2 is 2.40 bits per heavy atom. The molecule has 1 fully saturated rings. The zero-order valence-corrected chi connectivity index (χ0v) is 13.3. The van der Waals surface area contributed by atoms with Gasteiger partial charge in [0.2, 0.25) is 0 Å². The van der Waals surface area contributed by atoms with Crippen LogP contribution in [0, 0.1) is 5.92 Å². The Bertz CT molecular complexity index is 554. The molecule has 0 aromatic carbocycles. The maximum atomic E-state index is 12.4. The van der Waals surface area contributed by atoms with Crippen LogP contribution in [-0.4, -0.2) is 52.4 Å². The van der Waals surface area contributed by atoms with E-state index in [-0.39, 0.29) is 0 Å². The minimum atomic E-state index is -3.30. The second kappa shape index (κ2) is 6.55. The van der Waals surface area contributed by atoms with Crippen molar-refractivity contribution in [2.75, 3.05) is 33.7 Å². The molecule has 2 rings (SSSR count). The van der Waals surface area contributed by atoms with E-state index in [0.29, 0.717) is 23.2 Å². The third-order valence-corrected chi connectivity index (χ3v) is 6.59. The summed E-state index contributed by atoms with van der Waals surface area (Å²) in [5.41, 5.74) is 0. The molecule has 1 atom stereocenters. The van der Waals surface area contributed by atoms with Crippen molar-refractivity contribution >= 4 is 27.3 Å². The molecule has 1 unspecified atom stereocenters. The molecule has 112 valence electrons. The number of hydrogen-bond donors (Lipinski definition) is 2. The van der Waals surface area contributed by atoms with Crippen LogP contribution in [0.4, 0.5) is 0 Å². The molecule has 0 bridgehead atoms. The van der Waals surface area contributed by atoms with Crippen LogP contribution in [0.15, 0.2) is 26.7 Å². The molecule has 1 aliphatic heterocycles. The summed E-state index contributed by atoms with van der Waals surface area (Å²) in [6.07, 6.45) is 0.873. The molecule has 0 spiro atoms. The van der Waals surface area contributed by atoms with Gasteiger partial charge in [-0.1, -0.05) is 6.07 Å². The standard InChI is InChI=1S/C12H20N4O2S2/c1-13-12(14-2)15-8-10-5-6-16(9-10)20(17,18)11-4-3-7-19-11/h3-4,7,10H,5-6,8-9H2,1-2H3,(H2,13,14,15). The average Bonchev–Trinajstić information content (AvgIpc) is 3.12. The van der Waals surface area contributed by atoms with Crippen LogP contribution >= 0.6 is 11.3 Å². The van der Waals surface area contributed by atoms with Gasteiger partial charge in [-0.25, -0.2) is 8.42 Å². The van der Waals surface area contributed by atoms with Crippen molar-refractivity contribution in [3.8, 4) is 0 Å². The van der Waals surface area contributed by atoms with Crippen molar-refractivity contribution in [1.29, 1.82) is 0 Å². The number of sulfonamides is 1. The Morgan fingerprint density at radius 1 is 1.60 bits per heavy atom. The van der Waals surface area contributed by atoms with E-state index in [2.05, 4.69) is 15.6 Å². The van der Waals surface area contributed by atoms with Crippen LogP contribution < -0.4 is 10.6 Å². The first kappa shape index (κ1) is 15.3. The fourth-order valence-corrected chi connectivity index (χ4v) is 4.92. The molecular formula is C12H20N4O2S2. The second-order valence-electron chi connectivity index (χ2n) is 4.65. The Morgan fingerprint density at radius 3 is 3.00 bits per heavy atom. The zero-order chi connectivity index (χ0) is 14.6. The third kappa shape index (κ3) is 3.31. The van der Waals surface area contributed by atoms with Gasteiger partial charge in [0.15, 0.2) is 5.96 Å². The molecule has 0 aliphatic carbocycles. The molecule has 2 heterocycles. The van der Waals surface area contributed by atoms with Gasteiger partial charge in [0.05, 0.1) is 0 Å². The van der Waals surface area contributed by atoms with E-state index < -0.39 is 10.0 Å². The lowest BCUT2D eigenvalue weighted by Crippen LogP contribution is -2.38. The van der Waals surface area contributed by atoms with Crippen LogP contribution in [0.25, 0.3) is 0 Å². The first-order valence-corrected chi connectivity index (χ1v) is 8.82. The van der Waals surface area contributed by atoms with Crippen molar-refractivity contribution in [3.63, 3.8) is 0 Å². The molecule has 2 N–H and O–H groups in total. The van der Waals surface area contributed by atoms with Crippen molar-refractivity contribution in [2.24, 2.45) is 10.9 Å². The molecule has 0 saturated carbocycles. The predicted octanol–water partition coefficient (Wildman–Crippen LogP) is 0.553. The molecule has 1 aromatic heterocycles. The van der Waals surface area contributed by atoms with E-state index >= 15 is 0 Å². The quantitative estimate of drug-likeness (QED) is 0.628. The highest BCUT2D eigenvalue weighted by Crippen LogP contribution is 2.26. The summed E-state index contributed by atoms with van der Waals surface area (Å²) in [4.78, 5) is 4.04. The Labute approximate surface area is 124 Å². The molecule has 0 radical (unpaired) electrons. The lowest BCUT2D eigenvalue weighted by Gasteiger charge is -2.16. The van der Waals surface area contributed by atoms with Gasteiger partial charge in [-0.2, -0.15) is 4.31 Å². The van der Waals surface area contributed by atoms with Gasteiger partial charge in [0, 0.05) is 33.7 Å². The van der Waals surface area contributed by atoms with Gasteiger partial charge in [-0.3, -0.25) is 4.99 Å². The zero-order valence-electron chi connectivity index (χ0n) is 11.7. The largest absolute Gasteiger partial charge is 0.359 e. The molecular weight excluding hydrogens is 296 g/mol. The minimum absolute atomic E-state index is 0.315. The summed E-state index contributed by atoms with van der Waals surface area (Å²) in [7, 11) is 0.213. The average molecular weight is 316 g/mol. The number of nitrogens with zero attached hydrogens (tertiary/aromatic N) is 2. The Balaban J connectivity index is 1.93. The van der Waals surface area contributed by atoms with Crippen molar-refractivity contribution < 1.29 is 8.42 Å². The van der Waals surface area contributed by atoms with E-state index in [0.717, 1.165) is 18.9 Å².